The van der Waals surface area contributed by atoms with Crippen LogP contribution in [0.1, 0.15) is 21.2 Å². The van der Waals surface area contributed by atoms with E-state index in [0.717, 1.165) is 0 Å². The number of hydrogen-bond donors (Lipinski definition) is 1. The van der Waals surface area contributed by atoms with E-state index in [-0.39, 0.29) is 18.2 Å². The Bertz CT molecular complexity index is 938. The molecule has 9 heteroatoms. The Morgan fingerprint density at radius 2 is 2.08 bits per heavy atom. The van der Waals surface area contributed by atoms with Gasteiger partial charge in [0, 0.05) is 5.02 Å². The number of ether oxygens (including phenoxy) is 1. The molecule has 2 N–H and O–H groups in total. The third kappa shape index (κ3) is 4.57. The molecule has 0 aliphatic rings. The highest BCUT2D eigenvalue weighted by Crippen LogP contribution is 2.28. The zero-order valence-corrected chi connectivity index (χ0v) is 15.5. The molecule has 0 saturated carbocycles. The zero-order valence-electron chi connectivity index (χ0n) is 13.1. The fourth-order valence-corrected chi connectivity index (χ4v) is 2.99. The molecule has 3 aromatic rings. The first-order valence-electron chi connectivity index (χ1n) is 7.28. The van der Waals surface area contributed by atoms with E-state index < -0.39 is 5.97 Å². The lowest BCUT2D eigenvalue weighted by molar-refractivity contribution is 0.0475. The maximum absolute atomic E-state index is 11.9. The van der Waals surface area contributed by atoms with E-state index in [1.165, 1.54) is 17.4 Å². The number of nitrogens with zero attached hydrogens (tertiary/aromatic N) is 1. The summed E-state index contributed by atoms with van der Waals surface area (Å²) in [5.41, 5.74) is 5.72. The summed E-state index contributed by atoms with van der Waals surface area (Å²) in [5.74, 6) is 0.192. The predicted molar refractivity (Wildman–Crippen MR) is 100.0 cm³/mol. The molecule has 0 fully saturated rings. The molecule has 0 saturated heterocycles. The monoisotopic (exact) mass is 410 g/mol. The Morgan fingerprint density at radius 1 is 1.23 bits per heavy atom. The number of nitrogens with two attached hydrogens (primary N) is 1. The van der Waals surface area contributed by atoms with E-state index in [1.807, 2.05) is 11.4 Å². The smallest absolute Gasteiger partial charge is 0.400 e. The van der Waals surface area contributed by atoms with Crippen molar-refractivity contribution in [1.82, 2.24) is 0 Å². The maximum Gasteiger partial charge on any atom is 0.400 e. The van der Waals surface area contributed by atoms with Gasteiger partial charge < -0.3 is 19.7 Å². The summed E-state index contributed by atoms with van der Waals surface area (Å²) >= 11 is 13.2. The molecule has 1 aromatic carbocycles. The van der Waals surface area contributed by atoms with Crippen LogP contribution in [-0.4, -0.2) is 11.8 Å². The Balaban J connectivity index is 1.58. The molecular formula is C17H12Cl2N2O4S. The van der Waals surface area contributed by atoms with Crippen molar-refractivity contribution in [1.29, 1.82) is 0 Å². The van der Waals surface area contributed by atoms with Gasteiger partial charge in [0.15, 0.2) is 5.84 Å². The van der Waals surface area contributed by atoms with Crippen LogP contribution in [0, 0.1) is 0 Å². The molecule has 0 atom stereocenters. The van der Waals surface area contributed by atoms with Crippen LogP contribution >= 0.6 is 34.5 Å². The normalized spacial score (nSPS) is 11.4. The van der Waals surface area contributed by atoms with Crippen molar-refractivity contribution in [2.75, 3.05) is 0 Å². The first kappa shape index (κ1) is 18.3. The van der Waals surface area contributed by atoms with E-state index in [0.29, 0.717) is 26.4 Å². The highest BCUT2D eigenvalue weighted by molar-refractivity contribution is 7.12. The van der Waals surface area contributed by atoms with E-state index in [9.17, 15) is 4.79 Å². The molecule has 0 aliphatic carbocycles. The minimum atomic E-state index is -0.764. The minimum Gasteiger partial charge on any atom is -0.484 e. The summed E-state index contributed by atoms with van der Waals surface area (Å²) in [6.45, 7) is 0.0786. The second kappa shape index (κ2) is 8.27. The first-order valence-corrected chi connectivity index (χ1v) is 8.92. The van der Waals surface area contributed by atoms with Crippen molar-refractivity contribution in [2.24, 2.45) is 10.9 Å². The number of amidine groups is 1. The highest BCUT2D eigenvalue weighted by atomic mass is 35.5. The SMILES string of the molecule is N/C(=N\OC(=O)c1ccc(COc2ccc(Cl)cc2Cl)o1)c1cccs1. The number of benzene rings is 1. The quantitative estimate of drug-likeness (QED) is 0.275. The molecule has 0 radical (unpaired) electrons. The van der Waals surface area contributed by atoms with E-state index >= 15 is 0 Å². The topological polar surface area (TPSA) is 87.1 Å². The lowest BCUT2D eigenvalue weighted by atomic mass is 10.3. The molecule has 26 heavy (non-hydrogen) atoms. The molecule has 6 nitrogen and oxygen atoms in total. The number of carbonyl (C=O) groups excluding carboxylic acids is 1. The van der Waals surface area contributed by atoms with Crippen molar-refractivity contribution in [3.05, 3.63) is 74.3 Å². The third-order valence-corrected chi connectivity index (χ3v) is 4.55. The van der Waals surface area contributed by atoms with Gasteiger partial charge in [0.2, 0.25) is 5.76 Å². The van der Waals surface area contributed by atoms with Gasteiger partial charge in [-0.2, -0.15) is 0 Å². The lowest BCUT2D eigenvalue weighted by Crippen LogP contribution is -2.13. The summed E-state index contributed by atoms with van der Waals surface area (Å²) in [6, 6.07) is 11.5. The summed E-state index contributed by atoms with van der Waals surface area (Å²) in [5, 5.41) is 6.32. The van der Waals surface area contributed by atoms with E-state index in [4.69, 9.17) is 42.9 Å². The van der Waals surface area contributed by atoms with Crippen LogP contribution in [-0.2, 0) is 11.4 Å². The second-order valence-electron chi connectivity index (χ2n) is 4.96. The number of rotatable bonds is 6. The zero-order chi connectivity index (χ0) is 18.5. The second-order valence-corrected chi connectivity index (χ2v) is 6.75. The highest BCUT2D eigenvalue weighted by Gasteiger charge is 2.14. The van der Waals surface area contributed by atoms with Gasteiger partial charge >= 0.3 is 5.97 Å². The van der Waals surface area contributed by atoms with Gasteiger partial charge in [0.05, 0.1) is 9.90 Å². The molecule has 0 amide bonds. The number of furan rings is 1. The number of oxime groups is 1. The van der Waals surface area contributed by atoms with Crippen molar-refractivity contribution in [2.45, 2.75) is 6.61 Å². The molecule has 0 bridgehead atoms. The molecule has 3 rings (SSSR count). The van der Waals surface area contributed by atoms with Crippen LogP contribution in [0.3, 0.4) is 0 Å². The molecule has 134 valence electrons. The number of halogens is 2. The van der Waals surface area contributed by atoms with Crippen LogP contribution in [0.5, 0.6) is 5.75 Å². The summed E-state index contributed by atoms with van der Waals surface area (Å²) in [6.07, 6.45) is 0. The molecular weight excluding hydrogens is 399 g/mol. The predicted octanol–water partition coefficient (Wildman–Crippen LogP) is 4.70. The summed E-state index contributed by atoms with van der Waals surface area (Å²) < 4.78 is 10.9. The Hall–Kier alpha value is -2.48. The number of carbonyl (C=O) groups is 1. The Kier molecular flexibility index (Phi) is 5.82. The standard InChI is InChI=1S/C17H12Cl2N2O4S/c18-10-3-5-13(12(19)8-10)23-9-11-4-6-14(24-11)17(22)25-21-16(20)15-2-1-7-26-15/h1-8H,9H2,(H2,20,21). The average Bonchev–Trinajstić information content (AvgIpc) is 3.30. The van der Waals surface area contributed by atoms with E-state index in [2.05, 4.69) is 5.16 Å². The molecule has 2 aromatic heterocycles. The van der Waals surface area contributed by atoms with E-state index in [1.54, 1.807) is 30.3 Å². The molecule has 0 unspecified atom stereocenters. The van der Waals surface area contributed by atoms with Crippen molar-refractivity contribution >= 4 is 46.3 Å². The van der Waals surface area contributed by atoms with Gasteiger partial charge in [0.1, 0.15) is 18.1 Å². The van der Waals surface area contributed by atoms with Gasteiger partial charge in [-0.3, -0.25) is 0 Å². The van der Waals surface area contributed by atoms with Crippen LogP contribution < -0.4 is 10.5 Å². The Labute approximate surface area is 162 Å². The summed E-state index contributed by atoms with van der Waals surface area (Å²) in [4.78, 5) is 17.4. The van der Waals surface area contributed by atoms with Crippen LogP contribution in [0.2, 0.25) is 10.0 Å². The average molecular weight is 411 g/mol. The fraction of sp³-hybridized carbons (Fsp3) is 0.0588. The third-order valence-electron chi connectivity index (χ3n) is 3.13. The fourth-order valence-electron chi connectivity index (χ4n) is 1.91. The first-order chi connectivity index (χ1) is 12.5. The van der Waals surface area contributed by atoms with Gasteiger partial charge in [-0.05, 0) is 41.8 Å². The number of hydrogen-bond acceptors (Lipinski definition) is 6. The lowest BCUT2D eigenvalue weighted by Gasteiger charge is -2.06. The number of thiophene rings is 1. The van der Waals surface area contributed by atoms with Crippen molar-refractivity contribution in [3.63, 3.8) is 0 Å². The van der Waals surface area contributed by atoms with Crippen molar-refractivity contribution in [3.8, 4) is 5.75 Å². The van der Waals surface area contributed by atoms with Crippen LogP contribution in [0.15, 0.2) is 57.4 Å². The van der Waals surface area contributed by atoms with Gasteiger partial charge in [-0.1, -0.05) is 34.4 Å². The maximum atomic E-state index is 11.9. The van der Waals surface area contributed by atoms with Gasteiger partial charge in [0.25, 0.3) is 0 Å². The molecule has 0 spiro atoms. The summed E-state index contributed by atoms with van der Waals surface area (Å²) in [7, 11) is 0. The van der Waals surface area contributed by atoms with Gasteiger partial charge in [-0.15, -0.1) is 11.3 Å². The largest absolute Gasteiger partial charge is 0.484 e. The minimum absolute atomic E-state index is 0.0199. The molecule has 2 heterocycles. The van der Waals surface area contributed by atoms with Gasteiger partial charge in [-0.25, -0.2) is 4.79 Å². The van der Waals surface area contributed by atoms with Crippen LogP contribution in [0.25, 0.3) is 0 Å². The van der Waals surface area contributed by atoms with Crippen molar-refractivity contribution < 1.29 is 18.8 Å². The Morgan fingerprint density at radius 3 is 2.81 bits per heavy atom. The molecule has 0 aliphatic heterocycles. The van der Waals surface area contributed by atoms with Crippen LogP contribution in [0.4, 0.5) is 0 Å².